The van der Waals surface area contributed by atoms with Gasteiger partial charge < -0.3 is 9.80 Å². The molecule has 1 unspecified atom stereocenters. The quantitative estimate of drug-likeness (QED) is 0.432. The van der Waals surface area contributed by atoms with Gasteiger partial charge in [-0.05, 0) is 55.2 Å². The Morgan fingerprint density at radius 2 is 1.97 bits per heavy atom. The van der Waals surface area contributed by atoms with Crippen molar-refractivity contribution in [3.05, 3.63) is 84.3 Å². The van der Waals surface area contributed by atoms with Crippen LogP contribution < -0.4 is 4.90 Å². The summed E-state index contributed by atoms with van der Waals surface area (Å²) in [5, 5.41) is 4.18. The topological polar surface area (TPSA) is 80.0 Å². The molecule has 9 heteroatoms. The number of anilines is 1. The zero-order valence-electron chi connectivity index (χ0n) is 19.7. The number of hydrogen-bond donors (Lipinski definition) is 0. The number of benzene rings is 1. The molecule has 8 nitrogen and oxygen atoms in total. The maximum atomic E-state index is 14.1. The Labute approximate surface area is 203 Å². The number of amides is 1. The van der Waals surface area contributed by atoms with E-state index in [1.54, 1.807) is 47.7 Å². The Bertz CT molecular complexity index is 1320. The van der Waals surface area contributed by atoms with E-state index in [4.69, 9.17) is 4.98 Å². The molecular formula is C26H26FN7O. The highest BCUT2D eigenvalue weighted by Gasteiger charge is 2.32. The third-order valence-corrected chi connectivity index (χ3v) is 6.15. The fraction of sp³-hybridized carbons (Fsp3) is 0.269. The number of halogens is 1. The monoisotopic (exact) mass is 471 g/mol. The number of carbonyl (C=O) groups excluding carboxylic acids is 1. The first-order chi connectivity index (χ1) is 17.0. The second-order valence-electron chi connectivity index (χ2n) is 8.74. The van der Waals surface area contributed by atoms with Gasteiger partial charge in [-0.1, -0.05) is 12.1 Å². The number of nitrogens with zero attached hydrogens (tertiary/aromatic N) is 7. The van der Waals surface area contributed by atoms with Crippen LogP contribution in [0.1, 0.15) is 41.4 Å². The number of rotatable bonds is 5. The maximum absolute atomic E-state index is 14.1. The van der Waals surface area contributed by atoms with Gasteiger partial charge >= 0.3 is 0 Å². The normalized spacial score (nSPS) is 15.7. The Kier molecular flexibility index (Phi) is 6.22. The molecule has 4 heterocycles. The van der Waals surface area contributed by atoms with Crippen molar-refractivity contribution in [2.75, 3.05) is 25.5 Å². The van der Waals surface area contributed by atoms with Crippen molar-refractivity contribution in [2.24, 2.45) is 0 Å². The second kappa shape index (κ2) is 9.61. The van der Waals surface area contributed by atoms with E-state index in [2.05, 4.69) is 15.1 Å². The summed E-state index contributed by atoms with van der Waals surface area (Å²) in [6.07, 6.45) is 9.43. The molecule has 35 heavy (non-hydrogen) atoms. The van der Waals surface area contributed by atoms with Gasteiger partial charge in [0.25, 0.3) is 5.91 Å². The van der Waals surface area contributed by atoms with Crippen LogP contribution >= 0.6 is 0 Å². The van der Waals surface area contributed by atoms with Gasteiger partial charge in [0.15, 0.2) is 5.82 Å². The number of hydrogen-bond acceptors (Lipinski definition) is 6. The lowest BCUT2D eigenvalue weighted by atomic mass is 9.93. The molecule has 4 aromatic rings. The first-order valence-corrected chi connectivity index (χ1v) is 11.6. The van der Waals surface area contributed by atoms with E-state index in [0.717, 1.165) is 30.5 Å². The van der Waals surface area contributed by atoms with Gasteiger partial charge in [-0.3, -0.25) is 4.79 Å². The number of piperidine rings is 1. The Morgan fingerprint density at radius 1 is 1.09 bits per heavy atom. The van der Waals surface area contributed by atoms with Crippen molar-refractivity contribution in [3.8, 4) is 16.9 Å². The summed E-state index contributed by atoms with van der Waals surface area (Å²) in [6, 6.07) is 11.5. The van der Waals surface area contributed by atoms with Gasteiger partial charge in [-0.2, -0.15) is 5.10 Å². The number of aromatic nitrogens is 5. The summed E-state index contributed by atoms with van der Waals surface area (Å²) in [4.78, 5) is 31.1. The minimum atomic E-state index is -0.329. The summed E-state index contributed by atoms with van der Waals surface area (Å²) >= 11 is 0. The second-order valence-corrected chi connectivity index (χ2v) is 8.74. The van der Waals surface area contributed by atoms with Crippen LogP contribution in [0.5, 0.6) is 0 Å². The van der Waals surface area contributed by atoms with E-state index in [-0.39, 0.29) is 17.8 Å². The van der Waals surface area contributed by atoms with Crippen molar-refractivity contribution in [2.45, 2.75) is 25.3 Å². The molecule has 0 aliphatic carbocycles. The number of carbonyl (C=O) groups is 1. The van der Waals surface area contributed by atoms with Crippen LogP contribution in [0.15, 0.2) is 67.3 Å². The van der Waals surface area contributed by atoms with E-state index in [1.165, 1.54) is 12.1 Å². The molecule has 5 rings (SSSR count). The fourth-order valence-electron chi connectivity index (χ4n) is 4.41. The van der Waals surface area contributed by atoms with E-state index in [1.807, 2.05) is 36.0 Å². The largest absolute Gasteiger partial charge is 0.347 e. The van der Waals surface area contributed by atoms with Crippen molar-refractivity contribution >= 4 is 11.9 Å². The SMILES string of the molecule is CN(C)c1ncc(-c2cccc(F)c2)c(C2CCCCN2C(=O)c2ccc(-n3cccn3)nc2)n1. The molecule has 0 N–H and O–H groups in total. The van der Waals surface area contributed by atoms with Crippen molar-refractivity contribution < 1.29 is 9.18 Å². The predicted octanol–water partition coefficient (Wildman–Crippen LogP) is 4.30. The van der Waals surface area contributed by atoms with Gasteiger partial charge in [0.1, 0.15) is 5.82 Å². The van der Waals surface area contributed by atoms with Gasteiger partial charge in [-0.15, -0.1) is 0 Å². The average Bonchev–Trinajstić information content (AvgIpc) is 3.43. The molecule has 0 spiro atoms. The standard InChI is InChI=1S/C26H26FN7O/c1-32(2)26-29-17-21(18-7-5-8-20(27)15-18)24(31-26)22-9-3-4-13-33(22)25(35)19-10-11-23(28-16-19)34-14-6-12-30-34/h5-8,10-12,14-17,22H,3-4,9,13H2,1-2H3. The van der Waals surface area contributed by atoms with Gasteiger partial charge in [0.2, 0.25) is 5.95 Å². The van der Waals surface area contributed by atoms with Crippen LogP contribution in [-0.2, 0) is 0 Å². The van der Waals surface area contributed by atoms with Crippen LogP contribution in [0.2, 0.25) is 0 Å². The molecule has 0 radical (unpaired) electrons. The molecule has 1 saturated heterocycles. The highest BCUT2D eigenvalue weighted by molar-refractivity contribution is 5.94. The number of pyridine rings is 1. The smallest absolute Gasteiger partial charge is 0.255 e. The van der Waals surface area contributed by atoms with Gasteiger partial charge in [-0.25, -0.2) is 24.0 Å². The first kappa shape index (κ1) is 22.6. The van der Waals surface area contributed by atoms with E-state index in [0.29, 0.717) is 29.4 Å². The predicted molar refractivity (Wildman–Crippen MR) is 131 cm³/mol. The minimum absolute atomic E-state index is 0.107. The van der Waals surface area contributed by atoms with E-state index >= 15 is 0 Å². The molecule has 1 atom stereocenters. The average molecular weight is 472 g/mol. The molecule has 178 valence electrons. The van der Waals surface area contributed by atoms with Crippen LogP contribution in [0, 0.1) is 5.82 Å². The molecule has 3 aromatic heterocycles. The summed E-state index contributed by atoms with van der Waals surface area (Å²) in [5.41, 5.74) is 2.64. The zero-order valence-corrected chi connectivity index (χ0v) is 19.7. The van der Waals surface area contributed by atoms with Crippen molar-refractivity contribution in [3.63, 3.8) is 0 Å². The molecule has 1 aliphatic heterocycles. The lowest BCUT2D eigenvalue weighted by molar-refractivity contribution is 0.0606. The summed E-state index contributed by atoms with van der Waals surface area (Å²) in [5.74, 6) is 0.749. The molecular weight excluding hydrogens is 445 g/mol. The number of likely N-dealkylation sites (tertiary alicyclic amines) is 1. The first-order valence-electron chi connectivity index (χ1n) is 11.6. The van der Waals surface area contributed by atoms with Crippen molar-refractivity contribution in [1.82, 2.24) is 29.6 Å². The van der Waals surface area contributed by atoms with Crippen LogP contribution in [0.4, 0.5) is 10.3 Å². The van der Waals surface area contributed by atoms with Gasteiger partial charge in [0, 0.05) is 51.0 Å². The lowest BCUT2D eigenvalue weighted by Gasteiger charge is -2.36. The molecule has 0 saturated carbocycles. The van der Waals surface area contributed by atoms with Crippen LogP contribution in [-0.4, -0.2) is 56.2 Å². The maximum Gasteiger partial charge on any atom is 0.255 e. The molecule has 1 aliphatic rings. The fourth-order valence-corrected chi connectivity index (χ4v) is 4.41. The van der Waals surface area contributed by atoms with Crippen molar-refractivity contribution in [1.29, 1.82) is 0 Å². The molecule has 1 aromatic carbocycles. The van der Waals surface area contributed by atoms with Crippen LogP contribution in [0.3, 0.4) is 0 Å². The molecule has 1 fully saturated rings. The minimum Gasteiger partial charge on any atom is -0.347 e. The third-order valence-electron chi connectivity index (χ3n) is 6.15. The lowest BCUT2D eigenvalue weighted by Crippen LogP contribution is -2.39. The Balaban J connectivity index is 1.52. The van der Waals surface area contributed by atoms with E-state index < -0.39 is 0 Å². The molecule has 0 bridgehead atoms. The highest BCUT2D eigenvalue weighted by atomic mass is 19.1. The Morgan fingerprint density at radius 3 is 2.69 bits per heavy atom. The van der Waals surface area contributed by atoms with Crippen LogP contribution in [0.25, 0.3) is 16.9 Å². The Hall–Kier alpha value is -4.14. The zero-order chi connectivity index (χ0) is 24.4. The summed E-state index contributed by atoms with van der Waals surface area (Å²) in [7, 11) is 3.75. The highest BCUT2D eigenvalue weighted by Crippen LogP contribution is 2.37. The summed E-state index contributed by atoms with van der Waals surface area (Å²) < 4.78 is 15.7. The van der Waals surface area contributed by atoms with E-state index in [9.17, 15) is 9.18 Å². The third kappa shape index (κ3) is 4.62. The molecule has 1 amide bonds. The van der Waals surface area contributed by atoms with Gasteiger partial charge in [0.05, 0.1) is 17.3 Å². The summed E-state index contributed by atoms with van der Waals surface area (Å²) in [6.45, 7) is 0.605.